The van der Waals surface area contributed by atoms with Crippen LogP contribution in [0.1, 0.15) is 39.7 Å². The van der Waals surface area contributed by atoms with Gasteiger partial charge in [0.2, 0.25) is 0 Å². The van der Waals surface area contributed by atoms with Gasteiger partial charge in [-0.2, -0.15) is 8.42 Å². The molecule has 1 unspecified atom stereocenters. The standard InChI is InChI=1S/C16H26O7S/c1-5-21-15(18)9-7-12-6-8-13(17)14(10-12)23-24(19,20)22-11-16(2,3)4/h6,8,10,15,17-18H,5,7,9,11H2,1-4H3. The zero-order chi connectivity index (χ0) is 18.4. The van der Waals surface area contributed by atoms with E-state index >= 15 is 0 Å². The monoisotopic (exact) mass is 362 g/mol. The Balaban J connectivity index is 2.75. The van der Waals surface area contributed by atoms with Crippen molar-refractivity contribution in [2.75, 3.05) is 13.2 Å². The first-order valence-corrected chi connectivity index (χ1v) is 9.06. The second-order valence-electron chi connectivity index (χ2n) is 6.57. The predicted molar refractivity (Wildman–Crippen MR) is 89.0 cm³/mol. The molecule has 0 saturated carbocycles. The van der Waals surface area contributed by atoms with Gasteiger partial charge in [0.05, 0.1) is 6.61 Å². The lowest BCUT2D eigenvalue weighted by Crippen LogP contribution is -2.21. The molecular formula is C16H26O7S. The van der Waals surface area contributed by atoms with E-state index in [0.717, 1.165) is 0 Å². The summed E-state index contributed by atoms with van der Waals surface area (Å²) in [6.45, 7) is 7.60. The Morgan fingerprint density at radius 1 is 1.25 bits per heavy atom. The van der Waals surface area contributed by atoms with E-state index in [1.165, 1.54) is 12.1 Å². The third kappa shape index (κ3) is 7.96. The first-order valence-electron chi connectivity index (χ1n) is 7.73. The second kappa shape index (κ2) is 8.66. The van der Waals surface area contributed by atoms with Gasteiger partial charge >= 0.3 is 10.4 Å². The maximum absolute atomic E-state index is 11.8. The minimum Gasteiger partial charge on any atom is -0.504 e. The average Bonchev–Trinajstić information content (AvgIpc) is 2.46. The number of aromatic hydroxyl groups is 1. The van der Waals surface area contributed by atoms with Crippen molar-refractivity contribution in [2.45, 2.75) is 46.8 Å². The van der Waals surface area contributed by atoms with Gasteiger partial charge in [-0.25, -0.2) is 4.18 Å². The van der Waals surface area contributed by atoms with E-state index in [0.29, 0.717) is 25.0 Å². The highest BCUT2D eigenvalue weighted by Crippen LogP contribution is 2.29. The molecule has 0 fully saturated rings. The summed E-state index contributed by atoms with van der Waals surface area (Å²) in [4.78, 5) is 0. The topological polar surface area (TPSA) is 102 Å². The van der Waals surface area contributed by atoms with E-state index in [4.69, 9.17) is 13.1 Å². The molecule has 8 heteroatoms. The van der Waals surface area contributed by atoms with Gasteiger partial charge in [0.25, 0.3) is 0 Å². The molecule has 2 N–H and O–H groups in total. The van der Waals surface area contributed by atoms with Crippen LogP contribution in [0.25, 0.3) is 0 Å². The fourth-order valence-electron chi connectivity index (χ4n) is 1.73. The zero-order valence-corrected chi connectivity index (χ0v) is 15.3. The Kier molecular flexibility index (Phi) is 7.47. The van der Waals surface area contributed by atoms with E-state index in [1.807, 2.05) is 20.8 Å². The predicted octanol–water partition coefficient (Wildman–Crippen LogP) is 2.37. The molecule has 1 aromatic rings. The summed E-state index contributed by atoms with van der Waals surface area (Å²) in [6.07, 6.45) is -0.126. The fourth-order valence-corrected chi connectivity index (χ4v) is 2.63. The van der Waals surface area contributed by atoms with Crippen molar-refractivity contribution in [2.24, 2.45) is 5.41 Å². The molecule has 0 aliphatic rings. The third-order valence-corrected chi connectivity index (χ3v) is 3.68. The molecular weight excluding hydrogens is 336 g/mol. The molecule has 0 bridgehead atoms. The molecule has 1 rings (SSSR count). The highest BCUT2D eigenvalue weighted by molar-refractivity contribution is 7.82. The maximum Gasteiger partial charge on any atom is 0.449 e. The van der Waals surface area contributed by atoms with Gasteiger partial charge in [0.1, 0.15) is 0 Å². The second-order valence-corrected chi connectivity index (χ2v) is 7.78. The molecule has 0 amide bonds. The average molecular weight is 362 g/mol. The first-order chi connectivity index (χ1) is 11.0. The van der Waals surface area contributed by atoms with Gasteiger partial charge < -0.3 is 19.1 Å². The van der Waals surface area contributed by atoms with E-state index in [2.05, 4.69) is 0 Å². The van der Waals surface area contributed by atoms with Crippen LogP contribution in [-0.2, 0) is 25.7 Å². The van der Waals surface area contributed by atoms with Gasteiger partial charge in [-0.3, -0.25) is 0 Å². The van der Waals surface area contributed by atoms with E-state index < -0.39 is 16.7 Å². The summed E-state index contributed by atoms with van der Waals surface area (Å²) in [7, 11) is -4.28. The lowest BCUT2D eigenvalue weighted by atomic mass is 9.99. The van der Waals surface area contributed by atoms with E-state index in [1.54, 1.807) is 13.0 Å². The summed E-state index contributed by atoms with van der Waals surface area (Å²) >= 11 is 0. The number of rotatable bonds is 9. The SMILES string of the molecule is CCOC(O)CCc1ccc(O)c(OS(=O)(=O)OCC(C)(C)C)c1. The summed E-state index contributed by atoms with van der Waals surface area (Å²) in [5, 5.41) is 19.3. The molecule has 138 valence electrons. The lowest BCUT2D eigenvalue weighted by molar-refractivity contribution is -0.0980. The molecule has 0 aromatic heterocycles. The molecule has 0 aliphatic heterocycles. The van der Waals surface area contributed by atoms with E-state index in [-0.39, 0.29) is 23.5 Å². The third-order valence-electron chi connectivity index (χ3n) is 2.89. The van der Waals surface area contributed by atoms with Gasteiger partial charge in [0, 0.05) is 13.0 Å². The van der Waals surface area contributed by atoms with Crippen molar-refractivity contribution in [1.82, 2.24) is 0 Å². The van der Waals surface area contributed by atoms with Crippen LogP contribution in [0.5, 0.6) is 11.5 Å². The number of phenolic OH excluding ortho intramolecular Hbond substituents is 1. The Labute approximate surface area is 143 Å². The smallest absolute Gasteiger partial charge is 0.449 e. The summed E-state index contributed by atoms with van der Waals surface area (Å²) in [5.74, 6) is -0.528. The number of aliphatic hydroxyl groups excluding tert-OH is 1. The molecule has 0 saturated heterocycles. The molecule has 0 radical (unpaired) electrons. The number of phenols is 1. The summed E-state index contributed by atoms with van der Waals surface area (Å²) in [5.41, 5.74) is 0.336. The van der Waals surface area contributed by atoms with Crippen molar-refractivity contribution in [3.63, 3.8) is 0 Å². The van der Waals surface area contributed by atoms with Crippen LogP contribution in [-0.4, -0.2) is 38.1 Å². The van der Waals surface area contributed by atoms with Gasteiger partial charge in [-0.05, 0) is 36.5 Å². The van der Waals surface area contributed by atoms with E-state index in [9.17, 15) is 18.6 Å². The molecule has 24 heavy (non-hydrogen) atoms. The zero-order valence-electron chi connectivity index (χ0n) is 14.5. The first kappa shape index (κ1) is 20.7. The number of aliphatic hydroxyl groups is 1. The number of hydrogen-bond donors (Lipinski definition) is 2. The summed E-state index contributed by atoms with van der Waals surface area (Å²) in [6, 6.07) is 4.34. The highest BCUT2D eigenvalue weighted by Gasteiger charge is 2.21. The highest BCUT2D eigenvalue weighted by atomic mass is 32.3. The Bertz CT molecular complexity index is 620. The number of hydrogen-bond acceptors (Lipinski definition) is 7. The molecule has 0 spiro atoms. The van der Waals surface area contributed by atoms with Crippen LogP contribution >= 0.6 is 0 Å². The van der Waals surface area contributed by atoms with Crippen LogP contribution in [0.15, 0.2) is 18.2 Å². The van der Waals surface area contributed by atoms with Crippen LogP contribution in [0.2, 0.25) is 0 Å². The van der Waals surface area contributed by atoms with Gasteiger partial charge in [-0.15, -0.1) is 0 Å². The lowest BCUT2D eigenvalue weighted by Gasteiger charge is -2.17. The molecule has 7 nitrogen and oxygen atoms in total. The normalized spacial score (nSPS) is 13.7. The summed E-state index contributed by atoms with van der Waals surface area (Å²) < 4.78 is 38.3. The van der Waals surface area contributed by atoms with Gasteiger partial charge in [0.15, 0.2) is 17.8 Å². The van der Waals surface area contributed by atoms with Crippen LogP contribution < -0.4 is 4.18 Å². The molecule has 0 aliphatic carbocycles. The quantitative estimate of drug-likeness (QED) is 0.650. The van der Waals surface area contributed by atoms with Crippen molar-refractivity contribution < 1.29 is 31.7 Å². The van der Waals surface area contributed by atoms with Crippen molar-refractivity contribution in [3.8, 4) is 11.5 Å². The molecule has 0 heterocycles. The minimum absolute atomic E-state index is 0.0453. The van der Waals surface area contributed by atoms with Gasteiger partial charge in [-0.1, -0.05) is 26.8 Å². The largest absolute Gasteiger partial charge is 0.504 e. The Hall–Kier alpha value is -1.35. The molecule has 1 aromatic carbocycles. The van der Waals surface area contributed by atoms with Crippen LogP contribution in [0.4, 0.5) is 0 Å². The minimum atomic E-state index is -4.28. The Morgan fingerprint density at radius 2 is 1.92 bits per heavy atom. The Morgan fingerprint density at radius 3 is 2.50 bits per heavy atom. The van der Waals surface area contributed by atoms with Crippen LogP contribution in [0, 0.1) is 5.41 Å². The van der Waals surface area contributed by atoms with Crippen LogP contribution in [0.3, 0.4) is 0 Å². The van der Waals surface area contributed by atoms with Crippen molar-refractivity contribution in [3.05, 3.63) is 23.8 Å². The van der Waals surface area contributed by atoms with Crippen molar-refractivity contribution >= 4 is 10.4 Å². The number of ether oxygens (including phenoxy) is 1. The number of benzene rings is 1. The fraction of sp³-hybridized carbons (Fsp3) is 0.625. The van der Waals surface area contributed by atoms with Crippen molar-refractivity contribution in [1.29, 1.82) is 0 Å². The molecule has 1 atom stereocenters. The number of aryl methyl sites for hydroxylation is 1. The maximum atomic E-state index is 11.8.